The number of Topliss-reactive ketones (excluding diaryl/α,β-unsaturated/α-hetero) is 1. The van der Waals surface area contributed by atoms with Gasteiger partial charge < -0.3 is 4.74 Å². The lowest BCUT2D eigenvalue weighted by molar-refractivity contribution is -0.124. The summed E-state index contributed by atoms with van der Waals surface area (Å²) in [7, 11) is 0. The number of ketones is 1. The molecule has 0 spiro atoms. The summed E-state index contributed by atoms with van der Waals surface area (Å²) in [5.74, 6) is 2.10. The maximum atomic E-state index is 12.1. The summed E-state index contributed by atoms with van der Waals surface area (Å²) in [5.41, 5.74) is 1.32. The van der Waals surface area contributed by atoms with E-state index < -0.39 is 0 Å². The summed E-state index contributed by atoms with van der Waals surface area (Å²) in [6, 6.07) is 8.20. The van der Waals surface area contributed by atoms with E-state index in [0.29, 0.717) is 30.6 Å². The first kappa shape index (κ1) is 15.1. The first-order valence-electron chi connectivity index (χ1n) is 7.92. The molecule has 2 rings (SSSR count). The Morgan fingerprint density at radius 3 is 2.40 bits per heavy atom. The Morgan fingerprint density at radius 2 is 1.80 bits per heavy atom. The molecule has 1 aliphatic rings. The van der Waals surface area contributed by atoms with Crippen LogP contribution in [0.2, 0.25) is 0 Å². The Kier molecular flexibility index (Phi) is 5.63. The second-order valence-corrected chi connectivity index (χ2v) is 6.12. The van der Waals surface area contributed by atoms with Crippen LogP contribution in [0.25, 0.3) is 0 Å². The topological polar surface area (TPSA) is 26.3 Å². The monoisotopic (exact) mass is 274 g/mol. The average molecular weight is 274 g/mol. The molecule has 1 aliphatic carbocycles. The van der Waals surface area contributed by atoms with Crippen molar-refractivity contribution in [2.75, 3.05) is 6.61 Å². The van der Waals surface area contributed by atoms with Crippen LogP contribution in [0.15, 0.2) is 24.3 Å². The summed E-state index contributed by atoms with van der Waals surface area (Å²) >= 11 is 0. The lowest BCUT2D eigenvalue weighted by atomic mass is 9.85. The third-order valence-corrected chi connectivity index (χ3v) is 4.22. The smallest absolute Gasteiger partial charge is 0.139 e. The van der Waals surface area contributed by atoms with Crippen molar-refractivity contribution in [3.63, 3.8) is 0 Å². The predicted octanol–water partition coefficient (Wildman–Crippen LogP) is 4.73. The first-order chi connectivity index (χ1) is 9.66. The molecule has 1 aromatic carbocycles. The number of rotatable bonds is 6. The van der Waals surface area contributed by atoms with Gasteiger partial charge in [-0.05, 0) is 36.5 Å². The van der Waals surface area contributed by atoms with Crippen molar-refractivity contribution in [2.45, 2.75) is 58.3 Å². The van der Waals surface area contributed by atoms with Gasteiger partial charge in [0.1, 0.15) is 11.5 Å². The molecule has 0 heterocycles. The van der Waals surface area contributed by atoms with Crippen LogP contribution < -0.4 is 4.74 Å². The molecule has 2 heteroatoms. The molecule has 0 radical (unpaired) electrons. The summed E-state index contributed by atoms with van der Waals surface area (Å²) in [6.45, 7) is 4.87. The van der Waals surface area contributed by atoms with Crippen LogP contribution >= 0.6 is 0 Å². The minimum absolute atomic E-state index is 0.302. The largest absolute Gasteiger partial charge is 0.493 e. The highest BCUT2D eigenvalue weighted by Crippen LogP contribution is 2.25. The maximum absolute atomic E-state index is 12.1. The molecule has 0 saturated heterocycles. The van der Waals surface area contributed by atoms with E-state index in [-0.39, 0.29) is 0 Å². The number of hydrogen-bond acceptors (Lipinski definition) is 2. The number of benzene rings is 1. The third-order valence-electron chi connectivity index (χ3n) is 4.22. The second kappa shape index (κ2) is 7.47. The van der Waals surface area contributed by atoms with Crippen LogP contribution in [0.3, 0.4) is 0 Å². The Labute approximate surface area is 122 Å². The van der Waals surface area contributed by atoms with Gasteiger partial charge in [-0.1, -0.05) is 45.2 Å². The van der Waals surface area contributed by atoms with E-state index in [4.69, 9.17) is 4.74 Å². The zero-order chi connectivity index (χ0) is 14.4. The van der Waals surface area contributed by atoms with E-state index in [0.717, 1.165) is 18.6 Å². The van der Waals surface area contributed by atoms with Gasteiger partial charge >= 0.3 is 0 Å². The van der Waals surface area contributed by atoms with E-state index in [9.17, 15) is 4.79 Å². The SMILES string of the molecule is CC(C)c1ccc(OCCC(=O)C2CCCCC2)cc1. The molecule has 1 aromatic rings. The van der Waals surface area contributed by atoms with Crippen molar-refractivity contribution in [1.29, 1.82) is 0 Å². The Balaban J connectivity index is 1.73. The molecule has 0 amide bonds. The molecular formula is C18H26O2. The van der Waals surface area contributed by atoms with Gasteiger partial charge in [0.05, 0.1) is 6.61 Å². The molecule has 0 aliphatic heterocycles. The lowest BCUT2D eigenvalue weighted by Crippen LogP contribution is -2.19. The fourth-order valence-corrected chi connectivity index (χ4v) is 2.85. The van der Waals surface area contributed by atoms with Crippen LogP contribution in [0.4, 0.5) is 0 Å². The van der Waals surface area contributed by atoms with Crippen molar-refractivity contribution in [3.05, 3.63) is 29.8 Å². The summed E-state index contributed by atoms with van der Waals surface area (Å²) in [5, 5.41) is 0. The van der Waals surface area contributed by atoms with E-state index in [1.165, 1.54) is 24.8 Å². The van der Waals surface area contributed by atoms with Gasteiger partial charge in [-0.25, -0.2) is 0 Å². The van der Waals surface area contributed by atoms with Crippen molar-refractivity contribution in [1.82, 2.24) is 0 Å². The van der Waals surface area contributed by atoms with E-state index in [1.54, 1.807) is 0 Å². The summed E-state index contributed by atoms with van der Waals surface area (Å²) < 4.78 is 5.68. The van der Waals surface area contributed by atoms with Gasteiger partial charge in [0.2, 0.25) is 0 Å². The molecule has 1 saturated carbocycles. The number of carbonyl (C=O) groups is 1. The number of carbonyl (C=O) groups excluding carboxylic acids is 1. The minimum Gasteiger partial charge on any atom is -0.493 e. The highest BCUT2D eigenvalue weighted by atomic mass is 16.5. The molecule has 0 N–H and O–H groups in total. The van der Waals surface area contributed by atoms with Gasteiger partial charge in [0, 0.05) is 12.3 Å². The van der Waals surface area contributed by atoms with Gasteiger partial charge in [-0.2, -0.15) is 0 Å². The van der Waals surface area contributed by atoms with Gasteiger partial charge in [-0.3, -0.25) is 4.79 Å². The van der Waals surface area contributed by atoms with Gasteiger partial charge in [-0.15, -0.1) is 0 Å². The predicted molar refractivity (Wildman–Crippen MR) is 82.2 cm³/mol. The zero-order valence-electron chi connectivity index (χ0n) is 12.7. The molecule has 0 aromatic heterocycles. The lowest BCUT2D eigenvalue weighted by Gasteiger charge is -2.20. The second-order valence-electron chi connectivity index (χ2n) is 6.12. The third kappa shape index (κ3) is 4.36. The Bertz CT molecular complexity index is 414. The normalized spacial score (nSPS) is 16.4. The quantitative estimate of drug-likeness (QED) is 0.749. The van der Waals surface area contributed by atoms with Crippen LogP contribution in [0.1, 0.15) is 63.9 Å². The zero-order valence-corrected chi connectivity index (χ0v) is 12.7. The Morgan fingerprint density at radius 1 is 1.15 bits per heavy atom. The maximum Gasteiger partial charge on any atom is 0.139 e. The average Bonchev–Trinajstić information content (AvgIpc) is 2.48. The van der Waals surface area contributed by atoms with Gasteiger partial charge in [0.25, 0.3) is 0 Å². The molecule has 1 fully saturated rings. The van der Waals surface area contributed by atoms with E-state index >= 15 is 0 Å². The standard InChI is InChI=1S/C18H26O2/c1-14(2)15-8-10-17(11-9-15)20-13-12-18(19)16-6-4-3-5-7-16/h8-11,14,16H,3-7,12-13H2,1-2H3. The van der Waals surface area contributed by atoms with E-state index in [2.05, 4.69) is 26.0 Å². The van der Waals surface area contributed by atoms with Crippen LogP contribution in [0, 0.1) is 5.92 Å². The van der Waals surface area contributed by atoms with Crippen molar-refractivity contribution in [2.24, 2.45) is 5.92 Å². The van der Waals surface area contributed by atoms with Crippen LogP contribution in [-0.2, 0) is 4.79 Å². The number of hydrogen-bond donors (Lipinski definition) is 0. The Hall–Kier alpha value is -1.31. The van der Waals surface area contributed by atoms with Crippen molar-refractivity contribution >= 4 is 5.78 Å². The molecule has 2 nitrogen and oxygen atoms in total. The summed E-state index contributed by atoms with van der Waals surface area (Å²) in [4.78, 5) is 12.1. The van der Waals surface area contributed by atoms with Crippen LogP contribution in [-0.4, -0.2) is 12.4 Å². The van der Waals surface area contributed by atoms with Crippen molar-refractivity contribution in [3.8, 4) is 5.75 Å². The molecule has 0 bridgehead atoms. The fourth-order valence-electron chi connectivity index (χ4n) is 2.85. The fraction of sp³-hybridized carbons (Fsp3) is 0.611. The number of ether oxygens (including phenoxy) is 1. The highest BCUT2D eigenvalue weighted by molar-refractivity contribution is 5.81. The van der Waals surface area contributed by atoms with E-state index in [1.807, 2.05) is 12.1 Å². The van der Waals surface area contributed by atoms with Crippen molar-refractivity contribution < 1.29 is 9.53 Å². The van der Waals surface area contributed by atoms with Gasteiger partial charge in [0.15, 0.2) is 0 Å². The molecule has 110 valence electrons. The minimum atomic E-state index is 0.302. The molecule has 0 atom stereocenters. The first-order valence-corrected chi connectivity index (χ1v) is 7.92. The summed E-state index contributed by atoms with van der Waals surface area (Å²) in [6.07, 6.45) is 6.45. The molecular weight excluding hydrogens is 248 g/mol. The van der Waals surface area contributed by atoms with Crippen LogP contribution in [0.5, 0.6) is 5.75 Å². The highest BCUT2D eigenvalue weighted by Gasteiger charge is 2.20. The molecule has 0 unspecified atom stereocenters. The molecule has 20 heavy (non-hydrogen) atoms.